The normalized spacial score (nSPS) is 9.21. The fourth-order valence-electron chi connectivity index (χ4n) is 1.31. The molecule has 0 amide bonds. The van der Waals surface area contributed by atoms with Crippen LogP contribution in [-0.4, -0.2) is 60.0 Å². The maximum Gasteiger partial charge on any atom is 0.335 e. The van der Waals surface area contributed by atoms with Crippen LogP contribution in [0.3, 0.4) is 0 Å². The maximum absolute atomic E-state index is 10.8. The van der Waals surface area contributed by atoms with Crippen molar-refractivity contribution in [1.29, 1.82) is 0 Å². The summed E-state index contributed by atoms with van der Waals surface area (Å²) in [4.78, 5) is 10.8. The average Bonchev–Trinajstić information content (AvgIpc) is 2.15. The number of carboxylic acids is 1. The summed E-state index contributed by atoms with van der Waals surface area (Å²) < 4.78 is 0. The van der Waals surface area contributed by atoms with Crippen molar-refractivity contribution in [2.45, 2.75) is 26.2 Å². The zero-order valence-corrected chi connectivity index (χ0v) is 12.9. The minimum absolute atomic E-state index is 0. The van der Waals surface area contributed by atoms with Crippen LogP contribution in [-0.2, 0) is 6.42 Å². The predicted molar refractivity (Wildman–Crippen MR) is 57.8 cm³/mol. The van der Waals surface area contributed by atoms with E-state index in [0.29, 0.717) is 5.56 Å². The van der Waals surface area contributed by atoms with Gasteiger partial charge in [-0.1, -0.05) is 31.5 Å². The number of carbonyl (C=O) groups is 1. The molecule has 0 aliphatic carbocycles. The molecule has 0 saturated heterocycles. The second-order valence-corrected chi connectivity index (χ2v) is 3.07. The molecule has 0 heterocycles. The van der Waals surface area contributed by atoms with Gasteiger partial charge in [-0.3, -0.25) is 0 Å². The van der Waals surface area contributed by atoms with Crippen molar-refractivity contribution in [3.8, 4) is 0 Å². The van der Waals surface area contributed by atoms with Crippen LogP contribution in [0, 0.1) is 0 Å². The third-order valence-corrected chi connectivity index (χ3v) is 2.05. The molecule has 0 spiro atoms. The minimum Gasteiger partial charge on any atom is -0.478 e. The molecule has 1 N–H and O–H groups in total. The number of aromatic carboxylic acids is 1. The van der Waals surface area contributed by atoms with Gasteiger partial charge in [-0.2, -0.15) is 0 Å². The van der Waals surface area contributed by atoms with E-state index in [1.54, 1.807) is 12.1 Å². The first-order chi connectivity index (χ1) is 6.25. The van der Waals surface area contributed by atoms with Gasteiger partial charge in [-0.15, -0.1) is 0 Å². The fourth-order valence-corrected chi connectivity index (χ4v) is 1.31. The maximum atomic E-state index is 10.8. The van der Waals surface area contributed by atoms with E-state index in [1.165, 1.54) is 0 Å². The standard InChI is InChI=1S/C11H14O2.Ba/c1-2-3-6-9-7-4-5-8-10(9)11(12)13;/h4-5,7-8H,2-3,6H2,1H3,(H,12,13);. The number of benzene rings is 1. The van der Waals surface area contributed by atoms with Gasteiger partial charge in [0.1, 0.15) is 0 Å². The van der Waals surface area contributed by atoms with Crippen molar-refractivity contribution in [3.05, 3.63) is 35.4 Å². The van der Waals surface area contributed by atoms with Gasteiger partial charge in [0.25, 0.3) is 0 Å². The topological polar surface area (TPSA) is 37.3 Å². The summed E-state index contributed by atoms with van der Waals surface area (Å²) in [5.74, 6) is -0.827. The van der Waals surface area contributed by atoms with Crippen LogP contribution < -0.4 is 0 Å². The number of unbranched alkanes of at least 4 members (excludes halogenated alkanes) is 1. The molecule has 0 aliphatic heterocycles. The molecule has 0 aromatic heterocycles. The second kappa shape index (κ2) is 7.54. The molecule has 1 aromatic carbocycles. The summed E-state index contributed by atoms with van der Waals surface area (Å²) >= 11 is 0. The molecule has 1 rings (SSSR count). The first kappa shape index (κ1) is 14.3. The van der Waals surface area contributed by atoms with Crippen LogP contribution in [0.1, 0.15) is 35.7 Å². The fraction of sp³-hybridized carbons (Fsp3) is 0.364. The van der Waals surface area contributed by atoms with Gasteiger partial charge < -0.3 is 5.11 Å². The first-order valence-corrected chi connectivity index (χ1v) is 4.57. The Bertz CT molecular complexity index is 297. The van der Waals surface area contributed by atoms with Gasteiger partial charge >= 0.3 is 5.97 Å². The second-order valence-electron chi connectivity index (χ2n) is 3.07. The quantitative estimate of drug-likeness (QED) is 0.866. The van der Waals surface area contributed by atoms with Crippen molar-refractivity contribution in [2.75, 3.05) is 0 Å². The third kappa shape index (κ3) is 4.19. The number of aryl methyl sites for hydroxylation is 1. The zero-order valence-electron chi connectivity index (χ0n) is 8.49. The van der Waals surface area contributed by atoms with Gasteiger partial charge in [-0.05, 0) is 24.5 Å². The monoisotopic (exact) mass is 316 g/mol. The molecule has 0 saturated carbocycles. The Labute approximate surface area is 125 Å². The van der Waals surface area contributed by atoms with Crippen molar-refractivity contribution in [1.82, 2.24) is 0 Å². The van der Waals surface area contributed by atoms with Gasteiger partial charge in [0, 0.05) is 48.9 Å². The van der Waals surface area contributed by atoms with Crippen LogP contribution in [0.4, 0.5) is 0 Å². The molecule has 2 nitrogen and oxygen atoms in total. The Balaban J connectivity index is 0.00000169. The predicted octanol–water partition coefficient (Wildman–Crippen LogP) is 2.35. The molecule has 0 fully saturated rings. The van der Waals surface area contributed by atoms with Gasteiger partial charge in [0.15, 0.2) is 0 Å². The van der Waals surface area contributed by atoms with E-state index in [1.807, 2.05) is 12.1 Å². The molecule has 72 valence electrons. The Kier molecular flexibility index (Phi) is 7.68. The molecular weight excluding hydrogens is 301 g/mol. The molecule has 2 radical (unpaired) electrons. The smallest absolute Gasteiger partial charge is 0.335 e. The largest absolute Gasteiger partial charge is 0.478 e. The van der Waals surface area contributed by atoms with Crippen molar-refractivity contribution in [2.24, 2.45) is 0 Å². The third-order valence-electron chi connectivity index (χ3n) is 2.05. The van der Waals surface area contributed by atoms with Crippen LogP contribution in [0.15, 0.2) is 24.3 Å². The molecule has 1 aromatic rings. The molecule has 0 unspecified atom stereocenters. The number of hydrogen-bond acceptors (Lipinski definition) is 1. The first-order valence-electron chi connectivity index (χ1n) is 4.57. The Morgan fingerprint density at radius 1 is 1.36 bits per heavy atom. The van der Waals surface area contributed by atoms with Crippen molar-refractivity contribution < 1.29 is 9.90 Å². The van der Waals surface area contributed by atoms with E-state index < -0.39 is 5.97 Å². The zero-order chi connectivity index (χ0) is 9.68. The SMILES string of the molecule is CCCCc1ccccc1C(=O)O.[Ba]. The summed E-state index contributed by atoms with van der Waals surface area (Å²) in [6.07, 6.45) is 3.00. The Morgan fingerprint density at radius 2 is 2.00 bits per heavy atom. The van der Waals surface area contributed by atoms with E-state index in [2.05, 4.69) is 6.92 Å². The van der Waals surface area contributed by atoms with Gasteiger partial charge in [0.05, 0.1) is 5.56 Å². The summed E-state index contributed by atoms with van der Waals surface area (Å²) in [6.45, 7) is 2.10. The number of hydrogen-bond donors (Lipinski definition) is 1. The molecule has 0 aliphatic rings. The molecule has 3 heteroatoms. The van der Waals surface area contributed by atoms with Crippen LogP contribution in [0.5, 0.6) is 0 Å². The van der Waals surface area contributed by atoms with Crippen LogP contribution in [0.25, 0.3) is 0 Å². The molecule has 0 atom stereocenters. The Morgan fingerprint density at radius 3 is 2.57 bits per heavy atom. The van der Waals surface area contributed by atoms with Crippen molar-refractivity contribution >= 4 is 54.9 Å². The summed E-state index contributed by atoms with van der Waals surface area (Å²) in [7, 11) is 0. The van der Waals surface area contributed by atoms with E-state index in [4.69, 9.17) is 5.11 Å². The van der Waals surface area contributed by atoms with E-state index >= 15 is 0 Å². The van der Waals surface area contributed by atoms with Gasteiger partial charge in [-0.25, -0.2) is 4.79 Å². The molecule has 14 heavy (non-hydrogen) atoms. The Hall–Kier alpha value is 0.261. The molecule has 0 bridgehead atoms. The molecular formula is C11H14BaO2. The summed E-state index contributed by atoms with van der Waals surface area (Å²) in [5.41, 5.74) is 1.38. The van der Waals surface area contributed by atoms with Crippen LogP contribution >= 0.6 is 0 Å². The van der Waals surface area contributed by atoms with E-state index in [9.17, 15) is 4.79 Å². The number of carboxylic acid groups (broad SMARTS) is 1. The average molecular weight is 316 g/mol. The summed E-state index contributed by atoms with van der Waals surface area (Å²) in [5, 5.41) is 8.86. The van der Waals surface area contributed by atoms with E-state index in [0.717, 1.165) is 24.8 Å². The van der Waals surface area contributed by atoms with Gasteiger partial charge in [0.2, 0.25) is 0 Å². The van der Waals surface area contributed by atoms with E-state index in [-0.39, 0.29) is 48.9 Å². The van der Waals surface area contributed by atoms with Crippen molar-refractivity contribution in [3.63, 3.8) is 0 Å². The summed E-state index contributed by atoms with van der Waals surface area (Å²) in [6, 6.07) is 7.20. The minimum atomic E-state index is -0.827. The van der Waals surface area contributed by atoms with Crippen LogP contribution in [0.2, 0.25) is 0 Å². The number of rotatable bonds is 4.